The molecule has 44 heavy (non-hydrogen) atoms. The van der Waals surface area contributed by atoms with Gasteiger partial charge in [0.1, 0.15) is 24.0 Å². The van der Waals surface area contributed by atoms with Gasteiger partial charge < -0.3 is 5.32 Å². The molecule has 0 fully saturated rings. The van der Waals surface area contributed by atoms with E-state index in [2.05, 4.69) is 5.32 Å². The molecule has 2 amide bonds. The average Bonchev–Trinajstić information content (AvgIpc) is 3.34. The maximum atomic E-state index is 14.6. The van der Waals surface area contributed by atoms with Crippen LogP contribution in [0, 0.1) is 25.5 Å². The highest BCUT2D eigenvalue weighted by molar-refractivity contribution is 8.00. The van der Waals surface area contributed by atoms with Gasteiger partial charge in [0, 0.05) is 17.7 Å². The van der Waals surface area contributed by atoms with Crippen LogP contribution in [-0.4, -0.2) is 33.9 Å². The van der Waals surface area contributed by atoms with Gasteiger partial charge in [-0.15, -0.1) is 11.8 Å². The monoisotopic (exact) mass is 608 g/mol. The smallest absolute Gasteiger partial charge is 0.240 e. The molecule has 0 aliphatic carbocycles. The molecule has 1 aliphatic heterocycles. The summed E-state index contributed by atoms with van der Waals surface area (Å²) in [6.45, 7) is 3.93. The molecule has 2 heterocycles. The Hall–Kier alpha value is -4.76. The maximum Gasteiger partial charge on any atom is 0.240 e. The Labute approximate surface area is 258 Å². The van der Waals surface area contributed by atoms with Crippen molar-refractivity contribution in [1.82, 2.24) is 15.1 Å². The number of fused-ring (bicyclic) bond motifs is 1. The van der Waals surface area contributed by atoms with E-state index in [1.165, 1.54) is 40.9 Å². The molecule has 0 unspecified atom stereocenters. The van der Waals surface area contributed by atoms with Crippen molar-refractivity contribution >= 4 is 29.4 Å². The van der Waals surface area contributed by atoms with Gasteiger partial charge in [-0.3, -0.25) is 14.5 Å². The number of thioether (sulfide) groups is 1. The Morgan fingerprint density at radius 2 is 1.68 bits per heavy atom. The number of benzene rings is 4. The topological polar surface area (TPSA) is 67.2 Å². The number of aromatic nitrogens is 2. The van der Waals surface area contributed by atoms with Crippen LogP contribution >= 0.6 is 11.8 Å². The van der Waals surface area contributed by atoms with Crippen molar-refractivity contribution < 1.29 is 18.4 Å². The second-order valence-corrected chi connectivity index (χ2v) is 11.8. The van der Waals surface area contributed by atoms with Crippen LogP contribution in [0.2, 0.25) is 0 Å². The first-order valence-corrected chi connectivity index (χ1v) is 15.3. The Morgan fingerprint density at radius 3 is 2.43 bits per heavy atom. The summed E-state index contributed by atoms with van der Waals surface area (Å²) in [6, 6.07) is 27.8. The summed E-state index contributed by atoms with van der Waals surface area (Å²) in [4.78, 5) is 28.8. The average molecular weight is 609 g/mol. The minimum Gasteiger partial charge on any atom is -0.350 e. The third-order valence-electron chi connectivity index (χ3n) is 7.80. The standard InChI is InChI=1S/C35H30F2N4O2S/c1-22-8-6-13-29(23(22)2)41-35-32(33(39-41)25-9-4-3-5-10-25)34(26-11-7-12-28(37)18-26)44-21-31(43)40(35)20-30(42)38-19-24-14-16-27(36)17-15-24/h3-18,34H,19-21H2,1-2H3,(H,38,42)/t34-/m1/s1. The van der Waals surface area contributed by atoms with Crippen LogP contribution in [0.4, 0.5) is 14.6 Å². The van der Waals surface area contributed by atoms with E-state index in [4.69, 9.17) is 5.10 Å². The van der Waals surface area contributed by atoms with E-state index in [0.717, 1.165) is 33.5 Å². The number of carbonyl (C=O) groups is 2. The molecule has 1 aromatic heterocycles. The lowest BCUT2D eigenvalue weighted by Crippen LogP contribution is -2.42. The molecule has 0 radical (unpaired) electrons. The summed E-state index contributed by atoms with van der Waals surface area (Å²) >= 11 is 1.39. The van der Waals surface area contributed by atoms with Crippen LogP contribution in [0.25, 0.3) is 16.9 Å². The van der Waals surface area contributed by atoms with E-state index >= 15 is 0 Å². The largest absolute Gasteiger partial charge is 0.350 e. The van der Waals surface area contributed by atoms with Gasteiger partial charge in [-0.25, -0.2) is 13.5 Å². The van der Waals surface area contributed by atoms with Crippen molar-refractivity contribution in [3.63, 3.8) is 0 Å². The fourth-order valence-electron chi connectivity index (χ4n) is 5.40. The Kier molecular flexibility index (Phi) is 8.30. The number of nitrogens with zero attached hydrogens (tertiary/aromatic N) is 3. The zero-order valence-corrected chi connectivity index (χ0v) is 25.1. The molecular weight excluding hydrogens is 578 g/mol. The van der Waals surface area contributed by atoms with Gasteiger partial charge in [-0.05, 0) is 66.4 Å². The van der Waals surface area contributed by atoms with Gasteiger partial charge >= 0.3 is 0 Å². The SMILES string of the molecule is Cc1cccc(-n2nc(-c3ccccc3)c3c2N(CC(=O)NCc2ccc(F)cc2)C(=O)CS[C@@H]3c2cccc(F)c2)c1C. The molecule has 6 nitrogen and oxygen atoms in total. The van der Waals surface area contributed by atoms with Crippen LogP contribution in [0.3, 0.4) is 0 Å². The lowest BCUT2D eigenvalue weighted by molar-refractivity contribution is -0.123. The fourth-order valence-corrected chi connectivity index (χ4v) is 6.58. The first kappa shape index (κ1) is 29.3. The zero-order chi connectivity index (χ0) is 30.8. The molecule has 4 aromatic carbocycles. The summed E-state index contributed by atoms with van der Waals surface area (Å²) in [5.74, 6) is -0.834. The van der Waals surface area contributed by atoms with E-state index in [-0.39, 0.29) is 42.3 Å². The van der Waals surface area contributed by atoms with E-state index in [9.17, 15) is 18.4 Å². The second kappa shape index (κ2) is 12.5. The van der Waals surface area contributed by atoms with Crippen LogP contribution in [0.15, 0.2) is 97.1 Å². The maximum absolute atomic E-state index is 14.6. The number of hydrogen-bond donors (Lipinski definition) is 1. The predicted octanol–water partition coefficient (Wildman–Crippen LogP) is 6.92. The summed E-state index contributed by atoms with van der Waals surface area (Å²) in [6.07, 6.45) is 0. The molecule has 0 bridgehead atoms. The summed E-state index contributed by atoms with van der Waals surface area (Å²) in [5, 5.41) is 7.54. The van der Waals surface area contributed by atoms with Crippen molar-refractivity contribution in [2.45, 2.75) is 25.6 Å². The van der Waals surface area contributed by atoms with Gasteiger partial charge in [0.25, 0.3) is 0 Å². The number of rotatable bonds is 7. The first-order chi connectivity index (χ1) is 21.3. The molecule has 5 aromatic rings. The van der Waals surface area contributed by atoms with Crippen molar-refractivity contribution in [3.8, 4) is 16.9 Å². The Bertz CT molecular complexity index is 1840. The van der Waals surface area contributed by atoms with Crippen molar-refractivity contribution in [3.05, 3.63) is 137 Å². The number of amides is 2. The Balaban J connectivity index is 1.52. The second-order valence-electron chi connectivity index (χ2n) is 10.7. The number of nitrogens with one attached hydrogen (secondary N) is 1. The normalized spacial score (nSPS) is 14.7. The van der Waals surface area contributed by atoms with E-state index < -0.39 is 5.25 Å². The van der Waals surface area contributed by atoms with Gasteiger partial charge in [-0.1, -0.05) is 66.7 Å². The third-order valence-corrected chi connectivity index (χ3v) is 9.05. The quantitative estimate of drug-likeness (QED) is 0.218. The van der Waals surface area contributed by atoms with E-state index in [1.807, 2.05) is 68.4 Å². The van der Waals surface area contributed by atoms with E-state index in [0.29, 0.717) is 17.1 Å². The molecule has 1 aliphatic rings. The van der Waals surface area contributed by atoms with Crippen molar-refractivity contribution in [2.24, 2.45) is 0 Å². The molecule has 222 valence electrons. The molecule has 1 atom stereocenters. The lowest BCUT2D eigenvalue weighted by atomic mass is 9.99. The van der Waals surface area contributed by atoms with Crippen LogP contribution in [-0.2, 0) is 16.1 Å². The summed E-state index contributed by atoms with van der Waals surface area (Å²) < 4.78 is 29.7. The zero-order valence-electron chi connectivity index (χ0n) is 24.3. The third kappa shape index (κ3) is 5.88. The van der Waals surface area contributed by atoms with Crippen molar-refractivity contribution in [2.75, 3.05) is 17.2 Å². The van der Waals surface area contributed by atoms with Crippen LogP contribution < -0.4 is 10.2 Å². The number of aryl methyl sites for hydroxylation is 1. The molecule has 9 heteroatoms. The summed E-state index contributed by atoms with van der Waals surface area (Å²) in [7, 11) is 0. The van der Waals surface area contributed by atoms with E-state index in [1.54, 1.807) is 22.9 Å². The first-order valence-electron chi connectivity index (χ1n) is 14.2. The Morgan fingerprint density at radius 1 is 0.932 bits per heavy atom. The number of carbonyl (C=O) groups excluding carboxylic acids is 2. The number of hydrogen-bond acceptors (Lipinski definition) is 4. The van der Waals surface area contributed by atoms with Gasteiger partial charge in [0.2, 0.25) is 11.8 Å². The minimum absolute atomic E-state index is 0.0716. The van der Waals surface area contributed by atoms with Gasteiger partial charge in [0.15, 0.2) is 0 Å². The highest BCUT2D eigenvalue weighted by Gasteiger charge is 2.38. The molecule has 0 saturated heterocycles. The number of anilines is 1. The van der Waals surface area contributed by atoms with Crippen molar-refractivity contribution in [1.29, 1.82) is 0 Å². The van der Waals surface area contributed by atoms with Gasteiger partial charge in [-0.2, -0.15) is 5.10 Å². The minimum atomic E-state index is -0.439. The highest BCUT2D eigenvalue weighted by Crippen LogP contribution is 2.48. The fraction of sp³-hybridized carbons (Fsp3) is 0.171. The molecule has 1 N–H and O–H groups in total. The van der Waals surface area contributed by atoms with Crippen LogP contribution in [0.5, 0.6) is 0 Å². The predicted molar refractivity (Wildman–Crippen MR) is 170 cm³/mol. The number of halogens is 2. The molecule has 0 spiro atoms. The molecular formula is C35H30F2N4O2S. The molecule has 6 rings (SSSR count). The summed E-state index contributed by atoms with van der Waals surface area (Å²) in [5.41, 5.74) is 6.44. The molecule has 0 saturated carbocycles. The highest BCUT2D eigenvalue weighted by atomic mass is 32.2. The van der Waals surface area contributed by atoms with Gasteiger partial charge in [0.05, 0.1) is 22.4 Å². The lowest BCUT2D eigenvalue weighted by Gasteiger charge is -2.24. The van der Waals surface area contributed by atoms with Crippen LogP contribution in [0.1, 0.15) is 33.1 Å².